The van der Waals surface area contributed by atoms with Crippen LogP contribution in [0.1, 0.15) is 34.2 Å². The van der Waals surface area contributed by atoms with Crippen LogP contribution in [0, 0.1) is 0 Å². The first kappa shape index (κ1) is 18.6. The second-order valence-electron chi connectivity index (χ2n) is 7.75. The van der Waals surface area contributed by atoms with Crippen LogP contribution in [0.25, 0.3) is 11.1 Å². The van der Waals surface area contributed by atoms with Gasteiger partial charge in [-0.25, -0.2) is 4.79 Å². The number of carboxylic acids is 1. The smallest absolute Gasteiger partial charge is 0.327 e. The van der Waals surface area contributed by atoms with Crippen LogP contribution in [0.5, 0.6) is 0 Å². The predicted octanol–water partition coefficient (Wildman–Crippen LogP) is 3.68. The Labute approximate surface area is 174 Å². The Hall–Kier alpha value is -3.44. The zero-order valence-corrected chi connectivity index (χ0v) is 16.2. The second-order valence-corrected chi connectivity index (χ2v) is 7.75. The van der Waals surface area contributed by atoms with Crippen molar-refractivity contribution in [1.82, 2.24) is 5.32 Å². The summed E-state index contributed by atoms with van der Waals surface area (Å²) in [7, 11) is 0. The minimum atomic E-state index is -0.971. The second kappa shape index (κ2) is 7.43. The van der Waals surface area contributed by atoms with Gasteiger partial charge in [-0.1, -0.05) is 72.8 Å². The van der Waals surface area contributed by atoms with Crippen molar-refractivity contribution in [2.45, 2.75) is 24.4 Å². The number of carboxylic acid groups (broad SMARTS) is 1. The molecule has 0 amide bonds. The molecule has 3 aromatic rings. The van der Waals surface area contributed by atoms with Gasteiger partial charge in [0.25, 0.3) is 0 Å². The van der Waals surface area contributed by atoms with Gasteiger partial charge in [0.2, 0.25) is 0 Å². The summed E-state index contributed by atoms with van der Waals surface area (Å²) in [6.45, 7) is 0.213. The molecular weight excluding hydrogens is 378 g/mol. The van der Waals surface area contributed by atoms with Crippen LogP contribution in [-0.2, 0) is 20.7 Å². The molecule has 5 heteroatoms. The van der Waals surface area contributed by atoms with Crippen molar-refractivity contribution in [3.8, 4) is 11.1 Å². The first-order chi connectivity index (χ1) is 14.6. The van der Waals surface area contributed by atoms with Gasteiger partial charge in [-0.15, -0.1) is 0 Å². The minimum absolute atomic E-state index is 0.0320. The maximum atomic E-state index is 13.0. The maximum absolute atomic E-state index is 13.0. The van der Waals surface area contributed by atoms with Crippen molar-refractivity contribution in [2.24, 2.45) is 0 Å². The average Bonchev–Trinajstić information content (AvgIpc) is 3.10. The molecule has 0 radical (unpaired) electrons. The third kappa shape index (κ3) is 3.08. The highest BCUT2D eigenvalue weighted by Crippen LogP contribution is 2.44. The van der Waals surface area contributed by atoms with E-state index in [1.165, 1.54) is 11.1 Å². The number of hydrogen-bond acceptors (Lipinski definition) is 4. The Morgan fingerprint density at radius 1 is 0.867 bits per heavy atom. The number of fused-ring (bicyclic) bond motifs is 4. The van der Waals surface area contributed by atoms with E-state index < -0.39 is 24.0 Å². The largest absolute Gasteiger partial charge is 0.480 e. The topological polar surface area (TPSA) is 75.6 Å². The molecular formula is C25H21NO4. The Morgan fingerprint density at radius 3 is 2.07 bits per heavy atom. The molecule has 1 aliphatic heterocycles. The standard InChI is InChI=1S/C25H21NO4/c27-24(28)22-13-15-7-1-2-8-16(15)23(26-22)25(29)30-14-21-19-11-5-3-9-17(19)18-10-4-6-12-20(18)21/h1-12,21-23,26H,13-14H2,(H,27,28)/t22-,23-/m1/s1. The summed E-state index contributed by atoms with van der Waals surface area (Å²) in [5.41, 5.74) is 6.27. The van der Waals surface area contributed by atoms with Crippen LogP contribution in [0.2, 0.25) is 0 Å². The molecule has 3 aromatic carbocycles. The molecule has 5 nitrogen and oxygen atoms in total. The lowest BCUT2D eigenvalue weighted by Crippen LogP contribution is -2.47. The Balaban J connectivity index is 1.40. The zero-order chi connectivity index (χ0) is 20.7. The Morgan fingerprint density at radius 2 is 1.43 bits per heavy atom. The molecule has 2 atom stereocenters. The number of carbonyl (C=O) groups is 2. The van der Waals surface area contributed by atoms with Crippen molar-refractivity contribution in [1.29, 1.82) is 0 Å². The van der Waals surface area contributed by atoms with E-state index in [2.05, 4.69) is 29.6 Å². The lowest BCUT2D eigenvalue weighted by Gasteiger charge is -2.30. The van der Waals surface area contributed by atoms with Gasteiger partial charge in [0, 0.05) is 5.92 Å². The molecule has 1 aliphatic carbocycles. The van der Waals surface area contributed by atoms with Gasteiger partial charge in [0.1, 0.15) is 18.7 Å². The van der Waals surface area contributed by atoms with Crippen molar-refractivity contribution >= 4 is 11.9 Å². The third-order valence-corrected chi connectivity index (χ3v) is 6.05. The van der Waals surface area contributed by atoms with Crippen molar-refractivity contribution < 1.29 is 19.4 Å². The van der Waals surface area contributed by atoms with E-state index in [9.17, 15) is 14.7 Å². The number of benzene rings is 3. The van der Waals surface area contributed by atoms with Crippen molar-refractivity contribution in [3.05, 3.63) is 95.1 Å². The van der Waals surface area contributed by atoms with Gasteiger partial charge in [-0.3, -0.25) is 10.1 Å². The molecule has 30 heavy (non-hydrogen) atoms. The molecule has 0 saturated heterocycles. The van der Waals surface area contributed by atoms with E-state index in [4.69, 9.17) is 4.74 Å². The van der Waals surface area contributed by atoms with E-state index >= 15 is 0 Å². The highest BCUT2D eigenvalue weighted by atomic mass is 16.5. The van der Waals surface area contributed by atoms with Gasteiger partial charge >= 0.3 is 11.9 Å². The summed E-state index contributed by atoms with van der Waals surface area (Å²) in [4.78, 5) is 24.6. The zero-order valence-electron chi connectivity index (χ0n) is 16.2. The molecule has 0 unspecified atom stereocenters. The van der Waals surface area contributed by atoms with Crippen LogP contribution in [0.4, 0.5) is 0 Å². The molecule has 1 heterocycles. The summed E-state index contributed by atoms with van der Waals surface area (Å²) >= 11 is 0. The Kier molecular flexibility index (Phi) is 4.60. The van der Waals surface area contributed by atoms with Crippen molar-refractivity contribution in [2.75, 3.05) is 6.61 Å². The van der Waals surface area contributed by atoms with E-state index in [1.807, 2.05) is 48.5 Å². The van der Waals surface area contributed by atoms with Gasteiger partial charge in [0.15, 0.2) is 0 Å². The molecule has 0 saturated carbocycles. The molecule has 0 fully saturated rings. The average molecular weight is 399 g/mol. The molecule has 2 N–H and O–H groups in total. The van der Waals surface area contributed by atoms with Gasteiger partial charge in [0.05, 0.1) is 0 Å². The number of esters is 1. The molecule has 5 rings (SSSR count). The number of carbonyl (C=O) groups excluding carboxylic acids is 1. The molecule has 0 aromatic heterocycles. The molecule has 2 aliphatic rings. The molecule has 150 valence electrons. The maximum Gasteiger partial charge on any atom is 0.327 e. The van der Waals surface area contributed by atoms with E-state index in [-0.39, 0.29) is 12.5 Å². The van der Waals surface area contributed by atoms with Crippen LogP contribution >= 0.6 is 0 Å². The normalized spacial score (nSPS) is 19.5. The summed E-state index contributed by atoms with van der Waals surface area (Å²) in [5.74, 6) is -1.45. The fraction of sp³-hybridized carbons (Fsp3) is 0.200. The fourth-order valence-corrected chi connectivity index (χ4v) is 4.61. The number of hydrogen-bond donors (Lipinski definition) is 2. The Bertz CT molecular complexity index is 1090. The fourth-order valence-electron chi connectivity index (χ4n) is 4.61. The third-order valence-electron chi connectivity index (χ3n) is 6.05. The lowest BCUT2D eigenvalue weighted by molar-refractivity contribution is -0.148. The summed E-state index contributed by atoms with van der Waals surface area (Å²) in [6, 6.07) is 22.2. The van der Waals surface area contributed by atoms with Gasteiger partial charge in [-0.2, -0.15) is 0 Å². The van der Waals surface area contributed by atoms with Gasteiger partial charge < -0.3 is 9.84 Å². The number of ether oxygens (including phenoxy) is 1. The summed E-state index contributed by atoms with van der Waals surface area (Å²) in [5, 5.41) is 12.4. The number of rotatable bonds is 4. The van der Waals surface area contributed by atoms with Crippen LogP contribution in [0.3, 0.4) is 0 Å². The van der Waals surface area contributed by atoms with Crippen molar-refractivity contribution in [3.63, 3.8) is 0 Å². The first-order valence-electron chi connectivity index (χ1n) is 10.0. The lowest BCUT2D eigenvalue weighted by atomic mass is 9.90. The SMILES string of the molecule is O=C(O)[C@H]1Cc2ccccc2[C@H](C(=O)OCC2c3ccccc3-c3ccccc32)N1. The quantitative estimate of drug-likeness (QED) is 0.655. The van der Waals surface area contributed by atoms with E-state index in [1.54, 1.807) is 0 Å². The predicted molar refractivity (Wildman–Crippen MR) is 112 cm³/mol. The van der Waals surface area contributed by atoms with Crippen LogP contribution in [-0.4, -0.2) is 29.7 Å². The molecule has 0 bridgehead atoms. The first-order valence-corrected chi connectivity index (χ1v) is 10.0. The number of aliphatic carboxylic acids is 1. The summed E-state index contributed by atoms with van der Waals surface area (Å²) in [6.07, 6.45) is 0.346. The number of nitrogens with one attached hydrogen (secondary N) is 1. The summed E-state index contributed by atoms with van der Waals surface area (Å²) < 4.78 is 5.77. The minimum Gasteiger partial charge on any atom is -0.480 e. The van der Waals surface area contributed by atoms with E-state index in [0.717, 1.165) is 22.3 Å². The highest BCUT2D eigenvalue weighted by Gasteiger charge is 2.36. The van der Waals surface area contributed by atoms with Crippen LogP contribution in [0.15, 0.2) is 72.8 Å². The van der Waals surface area contributed by atoms with E-state index in [0.29, 0.717) is 6.42 Å². The monoisotopic (exact) mass is 399 g/mol. The molecule has 0 spiro atoms. The van der Waals surface area contributed by atoms with Crippen LogP contribution < -0.4 is 5.32 Å². The highest BCUT2D eigenvalue weighted by molar-refractivity contribution is 5.83. The van der Waals surface area contributed by atoms with Gasteiger partial charge in [-0.05, 0) is 39.8 Å².